The number of nitrogen functional groups attached to an aromatic ring is 1. The zero-order valence-electron chi connectivity index (χ0n) is 8.47. The molecule has 1 fully saturated rings. The second-order valence-corrected chi connectivity index (χ2v) is 3.21. The molecule has 1 aliphatic heterocycles. The fraction of sp³-hybridized carbons (Fsp3) is 0.556. The van der Waals surface area contributed by atoms with E-state index in [0.717, 1.165) is 6.42 Å². The molecule has 2 rings (SSSR count). The largest absolute Gasteiger partial charge is 0.479 e. The van der Waals surface area contributed by atoms with Gasteiger partial charge in [0.1, 0.15) is 12.4 Å². The molecule has 15 heavy (non-hydrogen) atoms. The van der Waals surface area contributed by atoms with Gasteiger partial charge in [0.25, 0.3) is 0 Å². The Hall–Kier alpha value is -1.56. The van der Waals surface area contributed by atoms with Crippen LogP contribution in [0.2, 0.25) is 0 Å². The number of nitrogens with zero attached hydrogens (tertiary/aromatic N) is 2. The minimum absolute atomic E-state index is 0.0203. The van der Waals surface area contributed by atoms with Gasteiger partial charge >= 0.3 is 0 Å². The maximum Gasteiger partial charge on any atom is 0.244 e. The first-order valence-electron chi connectivity index (χ1n) is 4.70. The van der Waals surface area contributed by atoms with E-state index < -0.39 is 0 Å². The normalized spacial score (nSPS) is 20.2. The van der Waals surface area contributed by atoms with Crippen molar-refractivity contribution in [3.8, 4) is 11.8 Å². The summed E-state index contributed by atoms with van der Waals surface area (Å²) in [6, 6.07) is 0. The molecule has 0 bridgehead atoms. The predicted octanol–water partition coefficient (Wildman–Crippen LogP) is 0.235. The van der Waals surface area contributed by atoms with Crippen LogP contribution in [0.4, 0.5) is 5.69 Å². The average molecular weight is 211 g/mol. The van der Waals surface area contributed by atoms with Crippen LogP contribution in [0.5, 0.6) is 11.8 Å². The number of aromatic nitrogens is 2. The molecule has 0 aliphatic carbocycles. The molecule has 0 radical (unpaired) electrons. The van der Waals surface area contributed by atoms with E-state index in [1.54, 1.807) is 0 Å². The van der Waals surface area contributed by atoms with Crippen LogP contribution in [-0.2, 0) is 4.74 Å². The number of nitrogens with two attached hydrogens (primary N) is 1. The summed E-state index contributed by atoms with van der Waals surface area (Å²) in [6.07, 6.45) is 2.23. The van der Waals surface area contributed by atoms with Gasteiger partial charge in [-0.2, -0.15) is 9.97 Å². The number of anilines is 1. The van der Waals surface area contributed by atoms with E-state index in [9.17, 15) is 0 Å². The molecule has 6 heteroatoms. The summed E-state index contributed by atoms with van der Waals surface area (Å²) in [7, 11) is 1.50. The Morgan fingerprint density at radius 2 is 2.27 bits per heavy atom. The first-order valence-corrected chi connectivity index (χ1v) is 4.70. The minimum atomic E-state index is 0.0203. The molecule has 1 aliphatic rings. The van der Waals surface area contributed by atoms with E-state index in [1.165, 1.54) is 13.4 Å². The van der Waals surface area contributed by atoms with E-state index >= 15 is 0 Å². The lowest BCUT2D eigenvalue weighted by Crippen LogP contribution is -2.17. The molecule has 1 saturated heterocycles. The molecule has 0 amide bonds. The van der Waals surface area contributed by atoms with Gasteiger partial charge in [0, 0.05) is 6.42 Å². The molecule has 1 aromatic rings. The van der Waals surface area contributed by atoms with Crippen molar-refractivity contribution in [2.75, 3.05) is 26.1 Å². The lowest BCUT2D eigenvalue weighted by Gasteiger charge is -2.13. The molecule has 0 spiro atoms. The van der Waals surface area contributed by atoms with E-state index in [0.29, 0.717) is 30.7 Å². The summed E-state index contributed by atoms with van der Waals surface area (Å²) in [5, 5.41) is 0. The molecule has 0 saturated carbocycles. The highest BCUT2D eigenvalue weighted by molar-refractivity contribution is 5.55. The lowest BCUT2D eigenvalue weighted by atomic mass is 10.3. The third-order valence-electron chi connectivity index (χ3n) is 2.17. The van der Waals surface area contributed by atoms with Crippen LogP contribution in [0.25, 0.3) is 0 Å². The van der Waals surface area contributed by atoms with Crippen molar-refractivity contribution >= 4 is 5.69 Å². The zero-order chi connectivity index (χ0) is 10.7. The zero-order valence-corrected chi connectivity index (χ0v) is 8.47. The van der Waals surface area contributed by atoms with Gasteiger partial charge in [-0.3, -0.25) is 0 Å². The van der Waals surface area contributed by atoms with Crippen LogP contribution in [0, 0.1) is 0 Å². The summed E-state index contributed by atoms with van der Waals surface area (Å²) >= 11 is 0. The molecule has 2 heterocycles. The predicted molar refractivity (Wildman–Crippen MR) is 52.8 cm³/mol. The van der Waals surface area contributed by atoms with Crippen LogP contribution in [0.3, 0.4) is 0 Å². The first-order chi connectivity index (χ1) is 7.31. The van der Waals surface area contributed by atoms with Gasteiger partial charge in [-0.25, -0.2) is 0 Å². The van der Waals surface area contributed by atoms with E-state index in [2.05, 4.69) is 9.97 Å². The highest BCUT2D eigenvalue weighted by atomic mass is 16.6. The Labute approximate surface area is 87.4 Å². The molecule has 6 nitrogen and oxygen atoms in total. The molecular weight excluding hydrogens is 198 g/mol. The fourth-order valence-electron chi connectivity index (χ4n) is 1.38. The van der Waals surface area contributed by atoms with E-state index in [-0.39, 0.29) is 6.10 Å². The average Bonchev–Trinajstić information content (AvgIpc) is 2.74. The van der Waals surface area contributed by atoms with Crippen molar-refractivity contribution in [2.45, 2.75) is 12.5 Å². The molecule has 1 atom stereocenters. The van der Waals surface area contributed by atoms with Crippen molar-refractivity contribution in [3.05, 3.63) is 6.33 Å². The quantitative estimate of drug-likeness (QED) is 0.771. The van der Waals surface area contributed by atoms with Crippen molar-refractivity contribution < 1.29 is 14.2 Å². The Balaban J connectivity index is 2.13. The summed E-state index contributed by atoms with van der Waals surface area (Å²) in [6.45, 7) is 1.29. The van der Waals surface area contributed by atoms with Gasteiger partial charge < -0.3 is 19.9 Å². The van der Waals surface area contributed by atoms with Gasteiger partial charge in [0.2, 0.25) is 11.8 Å². The topological polar surface area (TPSA) is 79.5 Å². The highest BCUT2D eigenvalue weighted by Gasteiger charge is 2.20. The molecular formula is C9H13N3O3. The second-order valence-electron chi connectivity index (χ2n) is 3.21. The maximum absolute atomic E-state index is 5.76. The monoisotopic (exact) mass is 211 g/mol. The van der Waals surface area contributed by atoms with Crippen molar-refractivity contribution in [1.29, 1.82) is 0 Å². The Kier molecular flexibility index (Phi) is 2.86. The standard InChI is InChI=1S/C9H13N3O3/c1-13-8-7(10)9(12-5-11-8)15-6-2-3-14-4-6/h5-6H,2-4,10H2,1H3. The van der Waals surface area contributed by atoms with Gasteiger partial charge in [-0.05, 0) is 0 Å². The summed E-state index contributed by atoms with van der Waals surface area (Å²) in [5.74, 6) is 0.691. The fourth-order valence-corrected chi connectivity index (χ4v) is 1.38. The van der Waals surface area contributed by atoms with Crippen LogP contribution in [0.15, 0.2) is 6.33 Å². The van der Waals surface area contributed by atoms with Crippen molar-refractivity contribution in [2.24, 2.45) is 0 Å². The minimum Gasteiger partial charge on any atom is -0.479 e. The lowest BCUT2D eigenvalue weighted by molar-refractivity contribution is 0.138. The number of rotatable bonds is 3. The third-order valence-corrected chi connectivity index (χ3v) is 2.17. The van der Waals surface area contributed by atoms with Gasteiger partial charge in [0.15, 0.2) is 5.69 Å². The Bertz CT molecular complexity index is 339. The van der Waals surface area contributed by atoms with E-state index in [1.807, 2.05) is 0 Å². The maximum atomic E-state index is 5.76. The van der Waals surface area contributed by atoms with Crippen LogP contribution >= 0.6 is 0 Å². The SMILES string of the molecule is COc1ncnc(OC2CCOC2)c1N. The number of hydrogen-bond donors (Lipinski definition) is 1. The van der Waals surface area contributed by atoms with Crippen molar-refractivity contribution in [1.82, 2.24) is 9.97 Å². The Morgan fingerprint density at radius 3 is 2.93 bits per heavy atom. The molecule has 2 N–H and O–H groups in total. The van der Waals surface area contributed by atoms with Gasteiger partial charge in [-0.15, -0.1) is 0 Å². The van der Waals surface area contributed by atoms with Gasteiger partial charge in [-0.1, -0.05) is 0 Å². The third kappa shape index (κ3) is 2.10. The first kappa shape index (κ1) is 9.97. The Morgan fingerprint density at radius 1 is 1.47 bits per heavy atom. The summed E-state index contributed by atoms with van der Waals surface area (Å²) in [4.78, 5) is 7.82. The molecule has 1 unspecified atom stereocenters. The van der Waals surface area contributed by atoms with Gasteiger partial charge in [0.05, 0.1) is 20.3 Å². The number of hydrogen-bond acceptors (Lipinski definition) is 6. The van der Waals surface area contributed by atoms with Crippen LogP contribution < -0.4 is 15.2 Å². The number of methoxy groups -OCH3 is 1. The smallest absolute Gasteiger partial charge is 0.244 e. The van der Waals surface area contributed by atoms with Crippen LogP contribution in [0.1, 0.15) is 6.42 Å². The molecule has 82 valence electrons. The van der Waals surface area contributed by atoms with Crippen LogP contribution in [-0.4, -0.2) is 36.4 Å². The summed E-state index contributed by atoms with van der Waals surface area (Å²) < 4.78 is 15.7. The summed E-state index contributed by atoms with van der Waals surface area (Å²) in [5.41, 5.74) is 6.08. The van der Waals surface area contributed by atoms with E-state index in [4.69, 9.17) is 19.9 Å². The van der Waals surface area contributed by atoms with Crippen molar-refractivity contribution in [3.63, 3.8) is 0 Å². The molecule has 1 aromatic heterocycles. The molecule has 0 aromatic carbocycles. The number of ether oxygens (including phenoxy) is 3. The second kappa shape index (κ2) is 4.31. The highest BCUT2D eigenvalue weighted by Crippen LogP contribution is 2.27.